The average molecular weight is 400 g/mol. The molecule has 2 aliphatic carbocycles. The van der Waals surface area contributed by atoms with E-state index in [2.05, 4.69) is 15.6 Å². The van der Waals surface area contributed by atoms with Gasteiger partial charge in [0.1, 0.15) is 11.3 Å². The first-order valence-electron chi connectivity index (χ1n) is 10.3. The fraction of sp³-hybridized carbons (Fsp3) is 0.571. The number of carbonyl (C=O) groups excluding carboxylic acids is 3. The number of urea groups is 1. The topological polar surface area (TPSA) is 91.0 Å². The summed E-state index contributed by atoms with van der Waals surface area (Å²) in [6.07, 6.45) is 6.26. The van der Waals surface area contributed by atoms with Gasteiger partial charge in [-0.1, -0.05) is 31.4 Å². The molecule has 1 aromatic rings. The Morgan fingerprint density at radius 1 is 1.21 bits per heavy atom. The summed E-state index contributed by atoms with van der Waals surface area (Å²) in [6, 6.07) is 7.59. The molecule has 1 saturated heterocycles. The van der Waals surface area contributed by atoms with E-state index >= 15 is 0 Å². The van der Waals surface area contributed by atoms with Crippen LogP contribution < -0.4 is 15.5 Å². The smallest absolute Gasteiger partial charge is 0.344 e. The number of nitrogens with one attached hydrogen (secondary N) is 2. The summed E-state index contributed by atoms with van der Waals surface area (Å²) in [7, 11) is 1.63. The highest BCUT2D eigenvalue weighted by Gasteiger charge is 2.52. The number of hydrogen-bond donors (Lipinski definition) is 2. The molecule has 1 spiro atoms. The standard InChI is InChI=1S/C21H28N4O4/c1-29-17-9-5-15(6-10-17)13-24(16-7-8-16)14-18(26)23-25-19(27)21(22-20(25)28)11-3-2-4-12-21/h5-6,9-10,16H,2-4,7-8,11-14H2,1H3,(H,22,28)(H,23,26). The Hall–Kier alpha value is -2.61. The Bertz CT molecular complexity index is 784. The summed E-state index contributed by atoms with van der Waals surface area (Å²) in [6.45, 7) is 0.771. The lowest BCUT2D eigenvalue weighted by molar-refractivity contribution is -0.140. The number of benzene rings is 1. The number of methoxy groups -OCH3 is 1. The molecule has 2 saturated carbocycles. The van der Waals surface area contributed by atoms with Crippen LogP contribution >= 0.6 is 0 Å². The molecular weight excluding hydrogens is 372 g/mol. The maximum Gasteiger partial charge on any atom is 0.344 e. The van der Waals surface area contributed by atoms with Gasteiger partial charge in [0.05, 0.1) is 13.7 Å². The second kappa shape index (κ2) is 8.02. The molecule has 8 heteroatoms. The largest absolute Gasteiger partial charge is 0.497 e. The van der Waals surface area contributed by atoms with Crippen molar-refractivity contribution in [2.24, 2.45) is 0 Å². The van der Waals surface area contributed by atoms with Gasteiger partial charge in [-0.3, -0.25) is 19.9 Å². The zero-order chi connectivity index (χ0) is 20.4. The maximum absolute atomic E-state index is 12.8. The Kier molecular flexibility index (Phi) is 5.45. The highest BCUT2D eigenvalue weighted by molar-refractivity contribution is 6.08. The van der Waals surface area contributed by atoms with Crippen molar-refractivity contribution in [2.75, 3.05) is 13.7 Å². The Morgan fingerprint density at radius 2 is 1.90 bits per heavy atom. The normalized spacial score (nSPS) is 20.8. The number of rotatable bonds is 7. The molecule has 2 N–H and O–H groups in total. The lowest BCUT2D eigenvalue weighted by Gasteiger charge is -2.30. The van der Waals surface area contributed by atoms with Crippen molar-refractivity contribution in [2.45, 2.75) is 63.1 Å². The van der Waals surface area contributed by atoms with Crippen LogP contribution in [0.15, 0.2) is 24.3 Å². The second-order valence-electron chi connectivity index (χ2n) is 8.23. The molecule has 29 heavy (non-hydrogen) atoms. The van der Waals surface area contributed by atoms with E-state index in [0.717, 1.165) is 48.4 Å². The molecule has 8 nitrogen and oxygen atoms in total. The number of nitrogens with zero attached hydrogens (tertiary/aromatic N) is 2. The number of hydrazine groups is 1. The first-order valence-corrected chi connectivity index (χ1v) is 10.3. The van der Waals surface area contributed by atoms with E-state index in [1.165, 1.54) is 0 Å². The van der Waals surface area contributed by atoms with Crippen molar-refractivity contribution in [3.8, 4) is 5.75 Å². The van der Waals surface area contributed by atoms with Gasteiger partial charge in [-0.05, 0) is 43.4 Å². The van der Waals surface area contributed by atoms with E-state index in [4.69, 9.17) is 4.74 Å². The minimum Gasteiger partial charge on any atom is -0.497 e. The van der Waals surface area contributed by atoms with E-state index in [-0.39, 0.29) is 18.4 Å². The van der Waals surface area contributed by atoms with Gasteiger partial charge >= 0.3 is 6.03 Å². The maximum atomic E-state index is 12.8. The van der Waals surface area contributed by atoms with Crippen molar-refractivity contribution in [3.05, 3.63) is 29.8 Å². The second-order valence-corrected chi connectivity index (χ2v) is 8.23. The van der Waals surface area contributed by atoms with Gasteiger partial charge in [0, 0.05) is 12.6 Å². The molecule has 3 aliphatic rings. The van der Waals surface area contributed by atoms with Crippen LogP contribution in [0.2, 0.25) is 0 Å². The molecule has 3 fully saturated rings. The van der Waals surface area contributed by atoms with Gasteiger partial charge in [0.15, 0.2) is 0 Å². The van der Waals surface area contributed by atoms with Crippen LogP contribution in [0.3, 0.4) is 0 Å². The SMILES string of the molecule is COc1ccc(CN(CC(=O)NN2C(=O)NC3(CCCCC3)C2=O)C2CC2)cc1. The molecular formula is C21H28N4O4. The lowest BCUT2D eigenvalue weighted by atomic mass is 9.82. The molecule has 4 rings (SSSR count). The van der Waals surface area contributed by atoms with Crippen molar-refractivity contribution < 1.29 is 19.1 Å². The van der Waals surface area contributed by atoms with Crippen LogP contribution in [0.5, 0.6) is 5.75 Å². The third-order valence-electron chi connectivity index (χ3n) is 6.06. The fourth-order valence-corrected chi connectivity index (χ4v) is 4.28. The van der Waals surface area contributed by atoms with Crippen LogP contribution in [0.1, 0.15) is 50.5 Å². The van der Waals surface area contributed by atoms with Crippen LogP contribution in [-0.2, 0) is 16.1 Å². The zero-order valence-electron chi connectivity index (χ0n) is 16.8. The summed E-state index contributed by atoms with van der Waals surface area (Å²) in [4.78, 5) is 39.9. The van der Waals surface area contributed by atoms with E-state index in [9.17, 15) is 14.4 Å². The number of amides is 4. The molecule has 0 radical (unpaired) electrons. The number of hydrogen-bond acceptors (Lipinski definition) is 5. The summed E-state index contributed by atoms with van der Waals surface area (Å²) < 4.78 is 5.19. The van der Waals surface area contributed by atoms with Gasteiger partial charge in [-0.2, -0.15) is 5.01 Å². The lowest BCUT2D eigenvalue weighted by Crippen LogP contribution is -2.52. The van der Waals surface area contributed by atoms with Crippen LogP contribution in [-0.4, -0.2) is 53.0 Å². The monoisotopic (exact) mass is 400 g/mol. The predicted molar refractivity (Wildman–Crippen MR) is 106 cm³/mol. The van der Waals surface area contributed by atoms with Crippen molar-refractivity contribution in [1.82, 2.24) is 20.7 Å². The van der Waals surface area contributed by atoms with E-state index < -0.39 is 11.6 Å². The van der Waals surface area contributed by atoms with Gasteiger partial charge in [-0.15, -0.1) is 0 Å². The predicted octanol–water partition coefficient (Wildman–Crippen LogP) is 1.95. The molecule has 0 atom stereocenters. The molecule has 0 unspecified atom stereocenters. The van der Waals surface area contributed by atoms with Crippen LogP contribution in [0.25, 0.3) is 0 Å². The molecule has 4 amide bonds. The number of imide groups is 1. The summed E-state index contributed by atoms with van der Waals surface area (Å²) in [5.41, 5.74) is 2.79. The van der Waals surface area contributed by atoms with E-state index in [1.807, 2.05) is 24.3 Å². The van der Waals surface area contributed by atoms with Gasteiger partial charge < -0.3 is 10.1 Å². The first kappa shape index (κ1) is 19.7. The Morgan fingerprint density at radius 3 is 2.52 bits per heavy atom. The molecule has 0 aromatic heterocycles. The Balaban J connectivity index is 1.37. The third kappa shape index (κ3) is 4.22. The first-order chi connectivity index (χ1) is 14.0. The van der Waals surface area contributed by atoms with Gasteiger partial charge in [0.2, 0.25) is 0 Å². The summed E-state index contributed by atoms with van der Waals surface area (Å²) in [5.74, 6) is 0.116. The third-order valence-corrected chi connectivity index (χ3v) is 6.06. The van der Waals surface area contributed by atoms with Crippen molar-refractivity contribution in [1.29, 1.82) is 0 Å². The highest BCUT2D eigenvalue weighted by atomic mass is 16.5. The molecule has 1 heterocycles. The quantitative estimate of drug-likeness (QED) is 0.683. The van der Waals surface area contributed by atoms with E-state index in [0.29, 0.717) is 25.4 Å². The Labute approximate surface area is 170 Å². The zero-order valence-corrected chi connectivity index (χ0v) is 16.8. The van der Waals surface area contributed by atoms with Gasteiger partial charge in [-0.25, -0.2) is 4.79 Å². The van der Waals surface area contributed by atoms with Gasteiger partial charge in [0.25, 0.3) is 11.8 Å². The fourth-order valence-electron chi connectivity index (χ4n) is 4.28. The number of ether oxygens (including phenoxy) is 1. The van der Waals surface area contributed by atoms with Crippen molar-refractivity contribution in [3.63, 3.8) is 0 Å². The van der Waals surface area contributed by atoms with E-state index in [1.54, 1.807) is 7.11 Å². The molecule has 1 aliphatic heterocycles. The summed E-state index contributed by atoms with van der Waals surface area (Å²) in [5, 5.41) is 3.69. The van der Waals surface area contributed by atoms with Crippen LogP contribution in [0, 0.1) is 0 Å². The summed E-state index contributed by atoms with van der Waals surface area (Å²) >= 11 is 0. The van der Waals surface area contributed by atoms with Crippen LogP contribution in [0.4, 0.5) is 4.79 Å². The minimum atomic E-state index is -0.831. The molecule has 1 aromatic carbocycles. The molecule has 0 bridgehead atoms. The minimum absolute atomic E-state index is 0.140. The average Bonchev–Trinajstić information content (AvgIpc) is 3.54. The van der Waals surface area contributed by atoms with Crippen molar-refractivity contribution >= 4 is 17.8 Å². The number of carbonyl (C=O) groups is 3. The molecule has 156 valence electrons. The highest BCUT2D eigenvalue weighted by Crippen LogP contribution is 2.33.